The molecule has 0 bridgehead atoms. The van der Waals surface area contributed by atoms with Gasteiger partial charge in [-0.1, -0.05) is 55.6 Å². The number of nitrogen functional groups attached to an aromatic ring is 1. The van der Waals surface area contributed by atoms with Crippen LogP contribution in [0.1, 0.15) is 29.2 Å². The van der Waals surface area contributed by atoms with Crippen molar-refractivity contribution in [2.45, 2.75) is 13.8 Å². The molecule has 0 saturated heterocycles. The molecule has 94 valence electrons. The Bertz CT molecular complexity index is 579. The molecule has 1 aromatic heterocycles. The molecular formula is C13H15N3OS. The Balaban J connectivity index is 2.48. The number of nitrogens with two attached hydrogens (primary N) is 2. The number of allylic oxidation sites excluding steroid dienone is 6. The van der Waals surface area contributed by atoms with Crippen molar-refractivity contribution in [3.05, 3.63) is 41.0 Å². The predicted molar refractivity (Wildman–Crippen MR) is 75.1 cm³/mol. The zero-order valence-electron chi connectivity index (χ0n) is 10.3. The molecule has 0 atom stereocenters. The van der Waals surface area contributed by atoms with Gasteiger partial charge in [0, 0.05) is 11.0 Å². The van der Waals surface area contributed by atoms with Gasteiger partial charge in [-0.05, 0) is 0 Å². The van der Waals surface area contributed by atoms with E-state index in [0.29, 0.717) is 15.7 Å². The van der Waals surface area contributed by atoms with Gasteiger partial charge in [0.2, 0.25) is 0 Å². The van der Waals surface area contributed by atoms with Crippen molar-refractivity contribution >= 4 is 27.9 Å². The largest absolute Gasteiger partial charge is 0.375 e. The van der Waals surface area contributed by atoms with Gasteiger partial charge >= 0.3 is 0 Å². The van der Waals surface area contributed by atoms with Crippen molar-refractivity contribution in [3.8, 4) is 0 Å². The van der Waals surface area contributed by atoms with E-state index in [1.165, 1.54) is 0 Å². The van der Waals surface area contributed by atoms with E-state index in [4.69, 9.17) is 11.5 Å². The number of nitrogens with zero attached hydrogens (tertiary/aromatic N) is 1. The SMILES string of the molecule is CC1(C)C=CC=C(c2nc(N)sc2C(N)=O)C=C1. The average molecular weight is 261 g/mol. The van der Waals surface area contributed by atoms with Gasteiger partial charge in [0.05, 0.1) is 5.69 Å². The van der Waals surface area contributed by atoms with Crippen LogP contribution in [-0.2, 0) is 0 Å². The highest BCUT2D eigenvalue weighted by Crippen LogP contribution is 2.30. The standard InChI is InChI=1S/C13H15N3OS/c1-13(2)6-3-4-8(5-7-13)9-10(11(14)17)18-12(15)16-9/h3-7H,1-2H3,(H2,14,17)(H2,15,16). The second kappa shape index (κ2) is 4.42. The Morgan fingerprint density at radius 3 is 2.78 bits per heavy atom. The van der Waals surface area contributed by atoms with E-state index in [-0.39, 0.29) is 5.41 Å². The summed E-state index contributed by atoms with van der Waals surface area (Å²) in [5.41, 5.74) is 12.4. The smallest absolute Gasteiger partial charge is 0.261 e. The summed E-state index contributed by atoms with van der Waals surface area (Å²) in [5, 5.41) is 0.348. The third kappa shape index (κ3) is 2.51. The third-order valence-electron chi connectivity index (χ3n) is 2.63. The summed E-state index contributed by atoms with van der Waals surface area (Å²) in [5.74, 6) is -0.499. The summed E-state index contributed by atoms with van der Waals surface area (Å²) in [6.07, 6.45) is 9.95. The van der Waals surface area contributed by atoms with Gasteiger partial charge in [-0.25, -0.2) is 4.98 Å². The minimum atomic E-state index is -0.499. The summed E-state index contributed by atoms with van der Waals surface area (Å²) in [7, 11) is 0. The van der Waals surface area contributed by atoms with Gasteiger partial charge in [0.15, 0.2) is 5.13 Å². The first kappa shape index (κ1) is 12.6. The van der Waals surface area contributed by atoms with Gasteiger partial charge in [-0.2, -0.15) is 0 Å². The molecule has 0 aliphatic heterocycles. The summed E-state index contributed by atoms with van der Waals surface area (Å²) in [6.45, 7) is 4.20. The number of aromatic nitrogens is 1. The van der Waals surface area contributed by atoms with Crippen LogP contribution in [0, 0.1) is 5.41 Å². The van der Waals surface area contributed by atoms with E-state index in [1.807, 2.05) is 18.2 Å². The van der Waals surface area contributed by atoms with Crippen LogP contribution in [0.2, 0.25) is 0 Å². The minimum absolute atomic E-state index is 0.0211. The number of thiazole rings is 1. The maximum absolute atomic E-state index is 11.4. The van der Waals surface area contributed by atoms with Crippen molar-refractivity contribution in [1.82, 2.24) is 4.98 Å². The summed E-state index contributed by atoms with van der Waals surface area (Å²) < 4.78 is 0. The quantitative estimate of drug-likeness (QED) is 0.857. The topological polar surface area (TPSA) is 82.0 Å². The van der Waals surface area contributed by atoms with E-state index in [2.05, 4.69) is 31.0 Å². The van der Waals surface area contributed by atoms with Crippen LogP contribution < -0.4 is 11.5 Å². The highest BCUT2D eigenvalue weighted by atomic mass is 32.1. The van der Waals surface area contributed by atoms with Crippen molar-refractivity contribution in [3.63, 3.8) is 0 Å². The monoisotopic (exact) mass is 261 g/mol. The van der Waals surface area contributed by atoms with Crippen LogP contribution in [-0.4, -0.2) is 10.9 Å². The van der Waals surface area contributed by atoms with Gasteiger partial charge in [-0.3, -0.25) is 4.79 Å². The summed E-state index contributed by atoms with van der Waals surface area (Å²) in [4.78, 5) is 15.9. The van der Waals surface area contributed by atoms with Gasteiger partial charge in [0.1, 0.15) is 4.88 Å². The zero-order chi connectivity index (χ0) is 13.3. The average Bonchev–Trinajstić information content (AvgIpc) is 2.56. The number of amides is 1. The van der Waals surface area contributed by atoms with Crippen LogP contribution >= 0.6 is 11.3 Å². The van der Waals surface area contributed by atoms with E-state index in [1.54, 1.807) is 0 Å². The first-order valence-electron chi connectivity index (χ1n) is 5.54. The lowest BCUT2D eigenvalue weighted by atomic mass is 9.93. The van der Waals surface area contributed by atoms with Crippen LogP contribution in [0.3, 0.4) is 0 Å². The molecule has 0 fully saturated rings. The molecule has 4 N–H and O–H groups in total. The Hall–Kier alpha value is -1.88. The minimum Gasteiger partial charge on any atom is -0.375 e. The molecule has 0 spiro atoms. The highest BCUT2D eigenvalue weighted by molar-refractivity contribution is 7.17. The summed E-state index contributed by atoms with van der Waals surface area (Å²) in [6, 6.07) is 0. The molecule has 1 aliphatic rings. The van der Waals surface area contributed by atoms with Crippen LogP contribution in [0.15, 0.2) is 30.4 Å². The third-order valence-corrected chi connectivity index (χ3v) is 3.53. The molecule has 1 heterocycles. The molecule has 0 radical (unpaired) electrons. The molecule has 2 rings (SSSR count). The first-order chi connectivity index (χ1) is 8.39. The number of hydrogen-bond donors (Lipinski definition) is 2. The second-order valence-electron chi connectivity index (χ2n) is 4.73. The Kier molecular flexibility index (Phi) is 3.09. The maximum Gasteiger partial charge on any atom is 0.261 e. The van der Waals surface area contributed by atoms with Crippen LogP contribution in [0.25, 0.3) is 5.57 Å². The van der Waals surface area contributed by atoms with Crippen LogP contribution in [0.4, 0.5) is 5.13 Å². The molecule has 0 aromatic carbocycles. The van der Waals surface area contributed by atoms with Crippen molar-refractivity contribution in [1.29, 1.82) is 0 Å². The van der Waals surface area contributed by atoms with Crippen LogP contribution in [0.5, 0.6) is 0 Å². The number of hydrogen-bond acceptors (Lipinski definition) is 4. The molecule has 18 heavy (non-hydrogen) atoms. The number of rotatable bonds is 2. The van der Waals surface area contributed by atoms with E-state index < -0.39 is 5.91 Å². The molecule has 1 aliphatic carbocycles. The number of carbonyl (C=O) groups excluding carboxylic acids is 1. The molecule has 4 nitrogen and oxygen atoms in total. The van der Waals surface area contributed by atoms with Crippen molar-refractivity contribution in [2.75, 3.05) is 5.73 Å². The molecule has 5 heteroatoms. The van der Waals surface area contributed by atoms with E-state index in [0.717, 1.165) is 16.9 Å². The Morgan fingerprint density at radius 1 is 1.39 bits per heavy atom. The molecular weight excluding hydrogens is 246 g/mol. The lowest BCUT2D eigenvalue weighted by molar-refractivity contribution is 0.100. The Labute approximate surface area is 110 Å². The van der Waals surface area contributed by atoms with Crippen molar-refractivity contribution in [2.24, 2.45) is 11.1 Å². The molecule has 1 amide bonds. The normalized spacial score (nSPS) is 17.3. The fourth-order valence-corrected chi connectivity index (χ4v) is 2.38. The molecule has 0 unspecified atom stereocenters. The summed E-state index contributed by atoms with van der Waals surface area (Å²) >= 11 is 1.12. The van der Waals surface area contributed by atoms with Crippen molar-refractivity contribution < 1.29 is 4.79 Å². The number of anilines is 1. The maximum atomic E-state index is 11.4. The fraction of sp³-hybridized carbons (Fsp3) is 0.231. The van der Waals surface area contributed by atoms with E-state index in [9.17, 15) is 4.79 Å². The fourth-order valence-electron chi connectivity index (χ4n) is 1.67. The predicted octanol–water partition coefficient (Wildman–Crippen LogP) is 2.36. The Morgan fingerprint density at radius 2 is 2.11 bits per heavy atom. The molecule has 0 saturated carbocycles. The lowest BCUT2D eigenvalue weighted by Gasteiger charge is -2.12. The second-order valence-corrected chi connectivity index (χ2v) is 5.76. The molecule has 1 aromatic rings. The highest BCUT2D eigenvalue weighted by Gasteiger charge is 2.18. The van der Waals surface area contributed by atoms with Gasteiger partial charge in [0.25, 0.3) is 5.91 Å². The number of carbonyl (C=O) groups is 1. The lowest BCUT2D eigenvalue weighted by Crippen LogP contribution is -2.11. The van der Waals surface area contributed by atoms with Gasteiger partial charge < -0.3 is 11.5 Å². The van der Waals surface area contributed by atoms with E-state index >= 15 is 0 Å². The van der Waals surface area contributed by atoms with Gasteiger partial charge in [-0.15, -0.1) is 0 Å². The first-order valence-corrected chi connectivity index (χ1v) is 6.36. The zero-order valence-corrected chi connectivity index (χ0v) is 11.1. The number of primary amides is 1.